The number of hydrogen-bond acceptors (Lipinski definition) is 4. The number of hydrogen-bond donors (Lipinski definition) is 1. The van der Waals surface area contributed by atoms with E-state index >= 15 is 0 Å². The van der Waals surface area contributed by atoms with E-state index in [0.29, 0.717) is 17.0 Å². The molecule has 7 heteroatoms. The molecule has 1 fully saturated rings. The van der Waals surface area contributed by atoms with Crippen LogP contribution < -0.4 is 10.1 Å². The number of benzene rings is 2. The lowest BCUT2D eigenvalue weighted by atomic mass is 9.96. The molecular formula is C21H26N2O4S. The molecule has 3 rings (SSSR count). The van der Waals surface area contributed by atoms with Crippen molar-refractivity contribution in [3.05, 3.63) is 54.1 Å². The average Bonchev–Trinajstić information content (AvgIpc) is 2.74. The Kier molecular flexibility index (Phi) is 6.36. The van der Waals surface area contributed by atoms with Crippen LogP contribution in [0.4, 0.5) is 5.69 Å². The number of anilines is 1. The molecule has 0 spiro atoms. The summed E-state index contributed by atoms with van der Waals surface area (Å²) in [5.41, 5.74) is 1.04. The maximum absolute atomic E-state index is 12.9. The highest BCUT2D eigenvalue weighted by atomic mass is 32.2. The lowest BCUT2D eigenvalue weighted by molar-refractivity contribution is 0.102. The van der Waals surface area contributed by atoms with Crippen molar-refractivity contribution in [2.24, 2.45) is 0 Å². The van der Waals surface area contributed by atoms with E-state index in [1.807, 2.05) is 0 Å². The molecule has 0 heterocycles. The van der Waals surface area contributed by atoms with Crippen LogP contribution in [0.15, 0.2) is 53.4 Å². The maximum atomic E-state index is 12.9. The van der Waals surface area contributed by atoms with Crippen LogP contribution in [0.25, 0.3) is 0 Å². The Bertz CT molecular complexity index is 902. The van der Waals surface area contributed by atoms with Gasteiger partial charge in [0.15, 0.2) is 0 Å². The number of amides is 1. The van der Waals surface area contributed by atoms with Gasteiger partial charge < -0.3 is 10.1 Å². The zero-order valence-corrected chi connectivity index (χ0v) is 17.0. The Morgan fingerprint density at radius 2 is 1.61 bits per heavy atom. The molecule has 0 unspecified atom stereocenters. The van der Waals surface area contributed by atoms with E-state index in [1.165, 1.54) is 22.9 Å². The van der Waals surface area contributed by atoms with E-state index in [9.17, 15) is 13.2 Å². The van der Waals surface area contributed by atoms with Crippen LogP contribution in [0.5, 0.6) is 5.75 Å². The van der Waals surface area contributed by atoms with E-state index in [-0.39, 0.29) is 16.8 Å². The topological polar surface area (TPSA) is 75.7 Å². The van der Waals surface area contributed by atoms with Crippen LogP contribution in [0.2, 0.25) is 0 Å². The minimum Gasteiger partial charge on any atom is -0.497 e. The van der Waals surface area contributed by atoms with Crippen LogP contribution in [0.3, 0.4) is 0 Å². The second kappa shape index (κ2) is 8.75. The van der Waals surface area contributed by atoms with E-state index in [4.69, 9.17) is 4.74 Å². The Hall–Kier alpha value is -2.38. The minimum absolute atomic E-state index is 0.0526. The van der Waals surface area contributed by atoms with E-state index in [2.05, 4.69) is 5.32 Å². The van der Waals surface area contributed by atoms with Gasteiger partial charge in [-0.25, -0.2) is 8.42 Å². The summed E-state index contributed by atoms with van der Waals surface area (Å²) in [4.78, 5) is 12.6. The van der Waals surface area contributed by atoms with Gasteiger partial charge in [-0.2, -0.15) is 4.31 Å². The van der Waals surface area contributed by atoms with Gasteiger partial charge in [0.2, 0.25) is 10.0 Å². The second-order valence-corrected chi connectivity index (χ2v) is 9.02. The zero-order chi connectivity index (χ0) is 20.1. The van der Waals surface area contributed by atoms with Gasteiger partial charge in [0.25, 0.3) is 5.91 Å². The first kappa shape index (κ1) is 20.4. The molecule has 28 heavy (non-hydrogen) atoms. The smallest absolute Gasteiger partial charge is 0.255 e. The monoisotopic (exact) mass is 402 g/mol. The van der Waals surface area contributed by atoms with Crippen molar-refractivity contribution >= 4 is 21.6 Å². The van der Waals surface area contributed by atoms with Crippen molar-refractivity contribution in [2.45, 2.75) is 43.0 Å². The molecule has 0 aliphatic heterocycles. The lowest BCUT2D eigenvalue weighted by Gasteiger charge is -2.30. The normalized spacial score (nSPS) is 15.4. The lowest BCUT2D eigenvalue weighted by Crippen LogP contribution is -2.38. The first-order valence-corrected chi connectivity index (χ1v) is 10.9. The zero-order valence-electron chi connectivity index (χ0n) is 16.2. The number of rotatable bonds is 6. The second-order valence-electron chi connectivity index (χ2n) is 7.02. The molecular weight excluding hydrogens is 376 g/mol. The molecule has 1 aliphatic rings. The quantitative estimate of drug-likeness (QED) is 0.795. The molecule has 0 radical (unpaired) electrons. The summed E-state index contributed by atoms with van der Waals surface area (Å²) in [7, 11) is -0.333. The first-order chi connectivity index (χ1) is 13.4. The van der Waals surface area contributed by atoms with E-state index in [0.717, 1.165) is 25.7 Å². The Labute approximate surface area is 166 Å². The van der Waals surface area contributed by atoms with Gasteiger partial charge in [-0.1, -0.05) is 19.3 Å². The number of methoxy groups -OCH3 is 1. The van der Waals surface area contributed by atoms with Crippen LogP contribution >= 0.6 is 0 Å². The third kappa shape index (κ3) is 4.54. The number of carbonyl (C=O) groups is 1. The highest BCUT2D eigenvalue weighted by molar-refractivity contribution is 7.89. The van der Waals surface area contributed by atoms with Crippen molar-refractivity contribution in [1.29, 1.82) is 0 Å². The van der Waals surface area contributed by atoms with Gasteiger partial charge in [-0.05, 0) is 61.4 Å². The summed E-state index contributed by atoms with van der Waals surface area (Å²) in [6.07, 6.45) is 5.10. The number of ether oxygens (including phenoxy) is 1. The van der Waals surface area contributed by atoms with Crippen molar-refractivity contribution < 1.29 is 17.9 Å². The van der Waals surface area contributed by atoms with Crippen molar-refractivity contribution in [2.75, 3.05) is 19.5 Å². The predicted molar refractivity (Wildman–Crippen MR) is 109 cm³/mol. The fourth-order valence-electron chi connectivity index (χ4n) is 3.46. The molecule has 0 aromatic heterocycles. The third-order valence-electron chi connectivity index (χ3n) is 5.23. The summed E-state index contributed by atoms with van der Waals surface area (Å²) in [6, 6.07) is 13.1. The Morgan fingerprint density at radius 1 is 1.00 bits per heavy atom. The van der Waals surface area contributed by atoms with E-state index < -0.39 is 10.0 Å². The molecule has 150 valence electrons. The molecule has 2 aromatic rings. The molecule has 1 aliphatic carbocycles. The number of nitrogens with zero attached hydrogens (tertiary/aromatic N) is 1. The molecule has 1 N–H and O–H groups in total. The summed E-state index contributed by atoms with van der Waals surface area (Å²) in [6.45, 7) is 0. The first-order valence-electron chi connectivity index (χ1n) is 9.45. The van der Waals surface area contributed by atoms with Crippen molar-refractivity contribution in [3.8, 4) is 5.75 Å². The summed E-state index contributed by atoms with van der Waals surface area (Å²) < 4.78 is 32.3. The van der Waals surface area contributed by atoms with Gasteiger partial charge in [0.1, 0.15) is 5.75 Å². The molecule has 1 amide bonds. The summed E-state index contributed by atoms with van der Waals surface area (Å²) in [5.74, 6) is 0.407. The average molecular weight is 403 g/mol. The molecule has 0 atom stereocenters. The van der Waals surface area contributed by atoms with Crippen molar-refractivity contribution in [1.82, 2.24) is 4.31 Å². The molecule has 6 nitrogen and oxygen atoms in total. The maximum Gasteiger partial charge on any atom is 0.255 e. The fraction of sp³-hybridized carbons (Fsp3) is 0.381. The minimum atomic E-state index is -3.56. The van der Waals surface area contributed by atoms with Crippen LogP contribution in [-0.4, -0.2) is 38.8 Å². The summed E-state index contributed by atoms with van der Waals surface area (Å²) in [5, 5.41) is 2.79. The highest BCUT2D eigenvalue weighted by Crippen LogP contribution is 2.26. The van der Waals surface area contributed by atoms with Crippen LogP contribution in [-0.2, 0) is 10.0 Å². The van der Waals surface area contributed by atoms with Gasteiger partial charge in [-0.3, -0.25) is 4.79 Å². The Morgan fingerprint density at radius 3 is 2.18 bits per heavy atom. The van der Waals surface area contributed by atoms with Crippen LogP contribution in [0.1, 0.15) is 42.5 Å². The van der Waals surface area contributed by atoms with Crippen LogP contribution in [0, 0.1) is 0 Å². The number of carbonyl (C=O) groups excluding carboxylic acids is 1. The van der Waals surface area contributed by atoms with E-state index in [1.54, 1.807) is 50.6 Å². The van der Waals surface area contributed by atoms with Crippen molar-refractivity contribution in [3.63, 3.8) is 0 Å². The molecule has 2 aromatic carbocycles. The number of nitrogens with one attached hydrogen (secondary N) is 1. The largest absolute Gasteiger partial charge is 0.497 e. The molecule has 0 bridgehead atoms. The number of sulfonamides is 1. The van der Waals surface area contributed by atoms with Gasteiger partial charge in [-0.15, -0.1) is 0 Å². The van der Waals surface area contributed by atoms with Gasteiger partial charge in [0, 0.05) is 24.3 Å². The molecule has 0 saturated heterocycles. The predicted octanol–water partition coefficient (Wildman–Crippen LogP) is 3.90. The van der Waals surface area contributed by atoms with Gasteiger partial charge >= 0.3 is 0 Å². The third-order valence-corrected chi connectivity index (χ3v) is 7.15. The van der Waals surface area contributed by atoms with Gasteiger partial charge in [0.05, 0.1) is 12.0 Å². The summed E-state index contributed by atoms with van der Waals surface area (Å²) >= 11 is 0. The standard InChI is InChI=1S/C21H26N2O4S/c1-23(18-6-4-3-5-7-18)28(25,26)20-14-8-16(9-15-20)21(24)22-17-10-12-19(27-2)13-11-17/h8-15,18H,3-7H2,1-2H3,(H,22,24). The highest BCUT2D eigenvalue weighted by Gasteiger charge is 2.29. The fourth-order valence-corrected chi connectivity index (χ4v) is 4.88. The Balaban J connectivity index is 1.70. The molecule has 1 saturated carbocycles. The SMILES string of the molecule is COc1ccc(NC(=O)c2ccc(S(=O)(=O)N(C)C3CCCCC3)cc2)cc1.